The molecule has 0 fully saturated rings. The Kier molecular flexibility index (Phi) is 4.29. The highest BCUT2D eigenvalue weighted by molar-refractivity contribution is 8.00. The molecule has 0 saturated carbocycles. The van der Waals surface area contributed by atoms with E-state index in [2.05, 4.69) is 60.8 Å². The highest BCUT2D eigenvalue weighted by Gasteiger charge is 2.18. The normalized spacial score (nSPS) is 16.1. The van der Waals surface area contributed by atoms with Gasteiger partial charge in [-0.3, -0.25) is 0 Å². The predicted molar refractivity (Wildman–Crippen MR) is 90.6 cm³/mol. The van der Waals surface area contributed by atoms with E-state index in [1.807, 2.05) is 23.1 Å². The third-order valence-electron chi connectivity index (χ3n) is 3.51. The van der Waals surface area contributed by atoms with Crippen molar-refractivity contribution in [1.29, 1.82) is 0 Å². The lowest BCUT2D eigenvalue weighted by molar-refractivity contribution is 0.417. The summed E-state index contributed by atoms with van der Waals surface area (Å²) >= 11 is 3.83. The van der Waals surface area contributed by atoms with E-state index in [0.29, 0.717) is 0 Å². The van der Waals surface area contributed by atoms with Gasteiger partial charge in [0.1, 0.15) is 0 Å². The van der Waals surface area contributed by atoms with Crippen LogP contribution in [0.5, 0.6) is 0 Å². The third kappa shape index (κ3) is 2.85. The zero-order valence-electron chi connectivity index (χ0n) is 11.9. The summed E-state index contributed by atoms with van der Waals surface area (Å²) in [7, 11) is 4.26. The summed E-state index contributed by atoms with van der Waals surface area (Å²) in [6, 6.07) is 11.1. The second kappa shape index (κ2) is 6.17. The summed E-state index contributed by atoms with van der Waals surface area (Å²) in [6.45, 7) is 1.10. The van der Waals surface area contributed by atoms with E-state index in [4.69, 9.17) is 0 Å². The molecule has 1 aliphatic rings. The number of hydrogen-bond acceptors (Lipinski definition) is 3. The van der Waals surface area contributed by atoms with Crippen LogP contribution in [0.15, 0.2) is 46.0 Å². The maximum atomic E-state index is 2.41. The molecule has 1 nitrogen and oxygen atoms in total. The van der Waals surface area contributed by atoms with Gasteiger partial charge in [-0.15, -0.1) is 23.1 Å². The number of thioether (sulfide) groups is 1. The Morgan fingerprint density at radius 1 is 1.15 bits per heavy atom. The van der Waals surface area contributed by atoms with E-state index in [1.54, 1.807) is 0 Å². The molecule has 1 aromatic heterocycles. The van der Waals surface area contributed by atoms with Gasteiger partial charge in [-0.05, 0) is 48.7 Å². The lowest BCUT2D eigenvalue weighted by Gasteiger charge is -2.11. The van der Waals surface area contributed by atoms with Crippen molar-refractivity contribution in [3.63, 3.8) is 0 Å². The molecule has 2 heterocycles. The van der Waals surface area contributed by atoms with Gasteiger partial charge >= 0.3 is 0 Å². The Hall–Kier alpha value is -1.03. The van der Waals surface area contributed by atoms with Crippen LogP contribution in [0.3, 0.4) is 0 Å². The molecule has 3 rings (SSSR count). The van der Waals surface area contributed by atoms with Crippen LogP contribution in [0.2, 0.25) is 0 Å². The zero-order valence-corrected chi connectivity index (χ0v) is 13.6. The standard InChI is InChI=1S/C17H19NS2/c1-18(2)10-5-8-15-14-7-4-3-6-13(14)12-20-17-16(15)9-11-19-17/h3-4,6-9,11H,5,10,12H2,1-2H3/b15-8-. The first kappa shape index (κ1) is 13.9. The second-order valence-corrected chi connectivity index (χ2v) is 7.44. The van der Waals surface area contributed by atoms with Crippen LogP contribution < -0.4 is 0 Å². The van der Waals surface area contributed by atoms with Crippen LogP contribution in [0.25, 0.3) is 5.57 Å². The number of fused-ring (bicyclic) bond motifs is 2. The average molecular weight is 301 g/mol. The number of nitrogens with zero attached hydrogens (tertiary/aromatic N) is 1. The monoisotopic (exact) mass is 301 g/mol. The molecule has 0 saturated heterocycles. The molecular formula is C17H19NS2. The summed E-state index contributed by atoms with van der Waals surface area (Å²) in [5, 5.41) is 2.21. The minimum atomic E-state index is 1.08. The van der Waals surface area contributed by atoms with Crippen molar-refractivity contribution >= 4 is 28.7 Å². The van der Waals surface area contributed by atoms with Crippen molar-refractivity contribution in [1.82, 2.24) is 4.90 Å². The first-order valence-corrected chi connectivity index (χ1v) is 8.76. The SMILES string of the molecule is CN(C)CC/C=C1/c2ccccc2CSc2sccc21. The molecule has 0 aliphatic carbocycles. The van der Waals surface area contributed by atoms with Gasteiger partial charge in [0.05, 0.1) is 4.21 Å². The van der Waals surface area contributed by atoms with E-state index in [1.165, 1.54) is 26.5 Å². The third-order valence-corrected chi connectivity index (χ3v) is 5.80. The predicted octanol–water partition coefficient (Wildman–Crippen LogP) is 4.74. The molecule has 104 valence electrons. The number of thiophene rings is 1. The Morgan fingerprint density at radius 3 is 2.85 bits per heavy atom. The van der Waals surface area contributed by atoms with Crippen LogP contribution in [0, 0.1) is 0 Å². The van der Waals surface area contributed by atoms with Crippen molar-refractivity contribution in [2.75, 3.05) is 20.6 Å². The Bertz CT molecular complexity index is 625. The van der Waals surface area contributed by atoms with Crippen LogP contribution in [-0.2, 0) is 5.75 Å². The molecule has 0 unspecified atom stereocenters. The van der Waals surface area contributed by atoms with Crippen molar-refractivity contribution in [2.24, 2.45) is 0 Å². The van der Waals surface area contributed by atoms with Crippen molar-refractivity contribution < 1.29 is 0 Å². The van der Waals surface area contributed by atoms with Crippen molar-refractivity contribution in [2.45, 2.75) is 16.4 Å². The maximum absolute atomic E-state index is 2.41. The fraction of sp³-hybridized carbons (Fsp3) is 0.294. The van der Waals surface area contributed by atoms with E-state index < -0.39 is 0 Å². The molecule has 0 N–H and O–H groups in total. The molecular weight excluding hydrogens is 282 g/mol. The summed E-state index contributed by atoms with van der Waals surface area (Å²) in [5.41, 5.74) is 5.71. The maximum Gasteiger partial charge on any atom is 0.0680 e. The van der Waals surface area contributed by atoms with Gasteiger partial charge in [0.2, 0.25) is 0 Å². The Morgan fingerprint density at radius 2 is 2.00 bits per heavy atom. The van der Waals surface area contributed by atoms with E-state index in [-0.39, 0.29) is 0 Å². The van der Waals surface area contributed by atoms with Gasteiger partial charge in [-0.25, -0.2) is 0 Å². The molecule has 3 heteroatoms. The molecule has 0 atom stereocenters. The summed E-state index contributed by atoms with van der Waals surface area (Å²) in [5.74, 6) is 1.08. The molecule has 0 spiro atoms. The van der Waals surface area contributed by atoms with Gasteiger partial charge < -0.3 is 4.90 Å². The highest BCUT2D eigenvalue weighted by Crippen LogP contribution is 2.42. The van der Waals surface area contributed by atoms with Crippen molar-refractivity contribution in [3.05, 3.63) is 58.5 Å². The molecule has 20 heavy (non-hydrogen) atoms. The van der Waals surface area contributed by atoms with Gasteiger partial charge in [-0.2, -0.15) is 0 Å². The smallest absolute Gasteiger partial charge is 0.0680 e. The fourth-order valence-electron chi connectivity index (χ4n) is 2.49. The Balaban J connectivity index is 2.03. The number of benzene rings is 1. The average Bonchev–Trinajstić information content (AvgIpc) is 2.84. The first-order valence-electron chi connectivity index (χ1n) is 6.89. The van der Waals surface area contributed by atoms with Gasteiger partial charge in [0.15, 0.2) is 0 Å². The molecule has 0 amide bonds. The van der Waals surface area contributed by atoms with E-state index in [0.717, 1.165) is 18.7 Å². The van der Waals surface area contributed by atoms with Crippen LogP contribution >= 0.6 is 23.1 Å². The zero-order chi connectivity index (χ0) is 13.9. The first-order chi connectivity index (χ1) is 9.75. The van der Waals surface area contributed by atoms with Gasteiger partial charge in [0.25, 0.3) is 0 Å². The van der Waals surface area contributed by atoms with Crippen LogP contribution in [-0.4, -0.2) is 25.5 Å². The van der Waals surface area contributed by atoms with E-state index >= 15 is 0 Å². The van der Waals surface area contributed by atoms with Crippen molar-refractivity contribution in [3.8, 4) is 0 Å². The lowest BCUT2D eigenvalue weighted by atomic mass is 9.95. The minimum absolute atomic E-state index is 1.08. The van der Waals surface area contributed by atoms with Gasteiger partial charge in [0, 0.05) is 17.9 Å². The fourth-order valence-corrected chi connectivity index (χ4v) is 4.61. The van der Waals surface area contributed by atoms with Crippen LogP contribution in [0.1, 0.15) is 23.1 Å². The summed E-state index contributed by atoms with van der Waals surface area (Å²) in [6.07, 6.45) is 3.51. The lowest BCUT2D eigenvalue weighted by Crippen LogP contribution is -2.12. The topological polar surface area (TPSA) is 3.24 Å². The second-order valence-electron chi connectivity index (χ2n) is 5.28. The molecule has 1 aliphatic heterocycles. The van der Waals surface area contributed by atoms with Gasteiger partial charge in [-0.1, -0.05) is 30.3 Å². The summed E-state index contributed by atoms with van der Waals surface area (Å²) in [4.78, 5) is 2.24. The highest BCUT2D eigenvalue weighted by atomic mass is 32.2. The quantitative estimate of drug-likeness (QED) is 0.806. The minimum Gasteiger partial charge on any atom is -0.309 e. The number of rotatable bonds is 3. The molecule has 0 radical (unpaired) electrons. The summed E-state index contributed by atoms with van der Waals surface area (Å²) < 4.78 is 1.46. The largest absolute Gasteiger partial charge is 0.309 e. The molecule has 0 bridgehead atoms. The van der Waals surface area contributed by atoms with E-state index in [9.17, 15) is 0 Å². The molecule has 2 aromatic rings. The van der Waals surface area contributed by atoms with Crippen LogP contribution in [0.4, 0.5) is 0 Å². The Labute approximate surface area is 129 Å². The number of hydrogen-bond donors (Lipinski definition) is 0. The molecule has 1 aromatic carbocycles.